The van der Waals surface area contributed by atoms with Crippen molar-refractivity contribution in [3.8, 4) is 5.75 Å². The molecule has 2 nitrogen and oxygen atoms in total. The molecule has 0 saturated heterocycles. The second kappa shape index (κ2) is 6.65. The Balaban J connectivity index is 2.93. The van der Waals surface area contributed by atoms with E-state index < -0.39 is 0 Å². The van der Waals surface area contributed by atoms with Crippen LogP contribution in [0.15, 0.2) is 18.2 Å². The monoisotopic (exact) mass is 235 g/mol. The summed E-state index contributed by atoms with van der Waals surface area (Å²) < 4.78 is 5.43. The summed E-state index contributed by atoms with van der Waals surface area (Å²) in [6.07, 6.45) is 2.07. The number of methoxy groups -OCH3 is 1. The maximum atomic E-state index is 5.84. The highest BCUT2D eigenvalue weighted by molar-refractivity contribution is 5.37. The third-order valence-electron chi connectivity index (χ3n) is 3.48. The zero-order chi connectivity index (χ0) is 12.8. The zero-order valence-corrected chi connectivity index (χ0v) is 11.5. The first-order valence-electron chi connectivity index (χ1n) is 6.48. The second-order valence-electron chi connectivity index (χ2n) is 4.94. The molecular formula is C15H25NO. The molecule has 0 aliphatic heterocycles. The van der Waals surface area contributed by atoms with E-state index in [1.54, 1.807) is 7.11 Å². The van der Waals surface area contributed by atoms with Crippen LogP contribution in [0.25, 0.3) is 0 Å². The van der Waals surface area contributed by atoms with Crippen LogP contribution in [0.1, 0.15) is 31.9 Å². The standard InChI is InChI=1S/C15H25NO/c1-5-12-6-7-15(17-4)13(8-12)9-14(10-16)11(2)3/h6-8,11,14H,5,9-10,16H2,1-4H3. The van der Waals surface area contributed by atoms with Crippen molar-refractivity contribution in [2.24, 2.45) is 17.6 Å². The number of aryl methyl sites for hydroxylation is 1. The number of rotatable bonds is 6. The van der Waals surface area contributed by atoms with Gasteiger partial charge in [-0.2, -0.15) is 0 Å². The molecule has 0 spiro atoms. The maximum absolute atomic E-state index is 5.84. The van der Waals surface area contributed by atoms with Crippen LogP contribution >= 0.6 is 0 Å². The number of benzene rings is 1. The average molecular weight is 235 g/mol. The van der Waals surface area contributed by atoms with Gasteiger partial charge in [0.05, 0.1) is 7.11 Å². The molecule has 0 bridgehead atoms. The first kappa shape index (κ1) is 14.0. The molecule has 0 fully saturated rings. The number of ether oxygens (including phenoxy) is 1. The van der Waals surface area contributed by atoms with Crippen molar-refractivity contribution in [1.29, 1.82) is 0 Å². The van der Waals surface area contributed by atoms with Crippen molar-refractivity contribution in [3.63, 3.8) is 0 Å². The summed E-state index contributed by atoms with van der Waals surface area (Å²) in [5, 5.41) is 0. The van der Waals surface area contributed by atoms with Gasteiger partial charge < -0.3 is 10.5 Å². The van der Waals surface area contributed by atoms with E-state index in [2.05, 4.69) is 39.0 Å². The van der Waals surface area contributed by atoms with Gasteiger partial charge in [-0.3, -0.25) is 0 Å². The minimum atomic E-state index is 0.524. The maximum Gasteiger partial charge on any atom is 0.122 e. The molecule has 0 saturated carbocycles. The average Bonchev–Trinajstić information content (AvgIpc) is 2.35. The largest absolute Gasteiger partial charge is 0.496 e. The Bertz CT molecular complexity index is 347. The molecule has 2 N–H and O–H groups in total. The SMILES string of the molecule is CCc1ccc(OC)c(CC(CN)C(C)C)c1. The van der Waals surface area contributed by atoms with E-state index in [4.69, 9.17) is 10.5 Å². The molecule has 0 aliphatic rings. The third kappa shape index (κ3) is 3.74. The van der Waals surface area contributed by atoms with Crippen molar-refractivity contribution in [3.05, 3.63) is 29.3 Å². The van der Waals surface area contributed by atoms with Gasteiger partial charge in [0, 0.05) is 0 Å². The van der Waals surface area contributed by atoms with E-state index in [9.17, 15) is 0 Å². The van der Waals surface area contributed by atoms with Crippen LogP contribution < -0.4 is 10.5 Å². The second-order valence-corrected chi connectivity index (χ2v) is 4.94. The molecule has 0 radical (unpaired) electrons. The van der Waals surface area contributed by atoms with Gasteiger partial charge in [0.1, 0.15) is 5.75 Å². The fourth-order valence-corrected chi connectivity index (χ4v) is 2.09. The Kier molecular flexibility index (Phi) is 5.49. The van der Waals surface area contributed by atoms with Crippen molar-refractivity contribution in [2.75, 3.05) is 13.7 Å². The molecule has 1 unspecified atom stereocenters. The van der Waals surface area contributed by atoms with Gasteiger partial charge in [-0.1, -0.05) is 32.9 Å². The van der Waals surface area contributed by atoms with Crippen LogP contribution in [0.3, 0.4) is 0 Å². The molecule has 1 aromatic rings. The summed E-state index contributed by atoms with van der Waals surface area (Å²) in [6.45, 7) is 7.37. The van der Waals surface area contributed by atoms with Crippen LogP contribution in [0, 0.1) is 11.8 Å². The summed E-state index contributed by atoms with van der Waals surface area (Å²) >= 11 is 0. The van der Waals surface area contributed by atoms with Crippen molar-refractivity contribution in [1.82, 2.24) is 0 Å². The van der Waals surface area contributed by atoms with Crippen molar-refractivity contribution in [2.45, 2.75) is 33.6 Å². The molecule has 1 aromatic carbocycles. The van der Waals surface area contributed by atoms with Crippen LogP contribution in [-0.2, 0) is 12.8 Å². The predicted molar refractivity (Wildman–Crippen MR) is 73.5 cm³/mol. The molecule has 96 valence electrons. The van der Waals surface area contributed by atoms with E-state index in [-0.39, 0.29) is 0 Å². The minimum Gasteiger partial charge on any atom is -0.496 e. The van der Waals surface area contributed by atoms with Gasteiger partial charge in [0.15, 0.2) is 0 Å². The predicted octanol–water partition coefficient (Wildman–Crippen LogP) is 3.03. The fraction of sp³-hybridized carbons (Fsp3) is 0.600. The van der Waals surface area contributed by atoms with Gasteiger partial charge in [0.25, 0.3) is 0 Å². The highest BCUT2D eigenvalue weighted by Gasteiger charge is 2.15. The van der Waals surface area contributed by atoms with Gasteiger partial charge in [-0.15, -0.1) is 0 Å². The lowest BCUT2D eigenvalue weighted by molar-refractivity contribution is 0.373. The van der Waals surface area contributed by atoms with Crippen LogP contribution in [0.4, 0.5) is 0 Å². The van der Waals surface area contributed by atoms with E-state index in [1.807, 2.05) is 0 Å². The van der Waals surface area contributed by atoms with Crippen molar-refractivity contribution < 1.29 is 4.74 Å². The molecule has 2 heteroatoms. The summed E-state index contributed by atoms with van der Waals surface area (Å²) in [7, 11) is 1.73. The number of hydrogen-bond acceptors (Lipinski definition) is 2. The molecule has 1 rings (SSSR count). The van der Waals surface area contributed by atoms with Gasteiger partial charge in [0.2, 0.25) is 0 Å². The van der Waals surface area contributed by atoms with Gasteiger partial charge in [-0.25, -0.2) is 0 Å². The summed E-state index contributed by atoms with van der Waals surface area (Å²) in [6, 6.07) is 6.46. The molecule has 0 aliphatic carbocycles. The molecule has 17 heavy (non-hydrogen) atoms. The Labute approximate surface area is 105 Å². The third-order valence-corrected chi connectivity index (χ3v) is 3.48. The highest BCUT2D eigenvalue weighted by atomic mass is 16.5. The van der Waals surface area contributed by atoms with Crippen molar-refractivity contribution >= 4 is 0 Å². The summed E-state index contributed by atoms with van der Waals surface area (Å²) in [4.78, 5) is 0. The van der Waals surface area contributed by atoms with E-state index in [0.717, 1.165) is 25.1 Å². The Hall–Kier alpha value is -1.02. The van der Waals surface area contributed by atoms with Crippen LogP contribution in [0.2, 0.25) is 0 Å². The Morgan fingerprint density at radius 3 is 2.47 bits per heavy atom. The fourth-order valence-electron chi connectivity index (χ4n) is 2.09. The van der Waals surface area contributed by atoms with E-state index in [1.165, 1.54) is 11.1 Å². The lowest BCUT2D eigenvalue weighted by Crippen LogP contribution is -2.22. The smallest absolute Gasteiger partial charge is 0.122 e. The summed E-state index contributed by atoms with van der Waals surface area (Å²) in [5.74, 6) is 2.12. The Morgan fingerprint density at radius 2 is 2.00 bits per heavy atom. The molecule has 0 heterocycles. The first-order valence-corrected chi connectivity index (χ1v) is 6.48. The number of nitrogens with two attached hydrogens (primary N) is 1. The lowest BCUT2D eigenvalue weighted by atomic mass is 9.88. The topological polar surface area (TPSA) is 35.2 Å². The summed E-state index contributed by atoms with van der Waals surface area (Å²) in [5.41, 5.74) is 8.49. The van der Waals surface area contributed by atoms with Gasteiger partial charge in [-0.05, 0) is 48.4 Å². The minimum absolute atomic E-state index is 0.524. The quantitative estimate of drug-likeness (QED) is 0.822. The molecule has 1 atom stereocenters. The van der Waals surface area contributed by atoms with E-state index in [0.29, 0.717) is 11.8 Å². The van der Waals surface area contributed by atoms with Crippen LogP contribution in [0.5, 0.6) is 5.75 Å². The highest BCUT2D eigenvalue weighted by Crippen LogP contribution is 2.25. The molecule has 0 amide bonds. The lowest BCUT2D eigenvalue weighted by Gasteiger charge is -2.20. The molecule has 0 aromatic heterocycles. The first-order chi connectivity index (χ1) is 8.12. The number of hydrogen-bond donors (Lipinski definition) is 1. The zero-order valence-electron chi connectivity index (χ0n) is 11.5. The van der Waals surface area contributed by atoms with Gasteiger partial charge >= 0.3 is 0 Å². The van der Waals surface area contributed by atoms with E-state index >= 15 is 0 Å². The normalized spacial score (nSPS) is 12.8. The Morgan fingerprint density at radius 1 is 1.29 bits per heavy atom. The van der Waals surface area contributed by atoms with Crippen LogP contribution in [-0.4, -0.2) is 13.7 Å². The molecular weight excluding hydrogens is 210 g/mol.